The molecule has 1 rings (SSSR count). The lowest BCUT2D eigenvalue weighted by Crippen LogP contribution is -2.60. The van der Waals surface area contributed by atoms with Gasteiger partial charge in [0.25, 0.3) is 0 Å². The Morgan fingerprint density at radius 3 is 1.30 bits per heavy atom. The van der Waals surface area contributed by atoms with Gasteiger partial charge in [-0.25, -0.2) is 4.18 Å². The van der Waals surface area contributed by atoms with Gasteiger partial charge >= 0.3 is 16.4 Å². The van der Waals surface area contributed by atoms with Crippen LogP contribution in [0.1, 0.15) is 284 Å². The van der Waals surface area contributed by atoms with E-state index in [0.717, 1.165) is 44.9 Å². The van der Waals surface area contributed by atoms with E-state index in [1.165, 1.54) is 212 Å². The third-order valence-corrected chi connectivity index (χ3v) is 14.7. The van der Waals surface area contributed by atoms with Gasteiger partial charge in [-0.05, 0) is 70.6 Å². The molecule has 12 nitrogen and oxygen atoms in total. The van der Waals surface area contributed by atoms with E-state index in [4.69, 9.17) is 18.9 Å². The summed E-state index contributed by atoms with van der Waals surface area (Å²) in [4.78, 5) is 13.0. The largest absolute Gasteiger partial charge is 0.457 e. The van der Waals surface area contributed by atoms with E-state index in [2.05, 4.69) is 54.5 Å². The van der Waals surface area contributed by atoms with Gasteiger partial charge in [-0.1, -0.05) is 243 Å². The number of ether oxygens (including phenoxy) is 4. The summed E-state index contributed by atoms with van der Waals surface area (Å²) in [5.74, 6) is -0.396. The van der Waals surface area contributed by atoms with Gasteiger partial charge in [-0.3, -0.25) is 9.35 Å². The van der Waals surface area contributed by atoms with Gasteiger partial charge < -0.3 is 34.3 Å². The van der Waals surface area contributed by atoms with Crippen LogP contribution in [0.3, 0.4) is 0 Å². The Labute approximate surface area is 454 Å². The van der Waals surface area contributed by atoms with Crippen molar-refractivity contribution in [1.29, 1.82) is 0 Å². The van der Waals surface area contributed by atoms with Crippen LogP contribution in [0.5, 0.6) is 0 Å². The van der Waals surface area contributed by atoms with Crippen LogP contribution in [0.25, 0.3) is 0 Å². The molecule has 0 aromatic rings. The van der Waals surface area contributed by atoms with Gasteiger partial charge in [0.15, 0.2) is 6.29 Å². The summed E-state index contributed by atoms with van der Waals surface area (Å²) in [6, 6.07) is 0. The highest BCUT2D eigenvalue weighted by atomic mass is 32.3. The molecule has 0 saturated carbocycles. The number of carbonyl (C=O) groups excluding carboxylic acids is 1. The Balaban J connectivity index is 2.26. The fraction of sp³-hybridized carbons (Fsp3) is 0.885. The Morgan fingerprint density at radius 1 is 0.514 bits per heavy atom. The minimum absolute atomic E-state index is 0.0374. The van der Waals surface area contributed by atoms with Gasteiger partial charge in [0.05, 0.1) is 19.8 Å². The molecule has 436 valence electrons. The van der Waals surface area contributed by atoms with Crippen LogP contribution in [-0.2, 0) is 38.3 Å². The maximum absolute atomic E-state index is 13.0. The van der Waals surface area contributed by atoms with Gasteiger partial charge in [0.2, 0.25) is 0 Å². The molecule has 4 N–H and O–H groups in total. The number of carbonyl (C=O) groups is 1. The van der Waals surface area contributed by atoms with E-state index >= 15 is 0 Å². The van der Waals surface area contributed by atoms with E-state index in [-0.39, 0.29) is 19.6 Å². The molecule has 13 heteroatoms. The highest BCUT2D eigenvalue weighted by Crippen LogP contribution is 2.26. The van der Waals surface area contributed by atoms with E-state index in [1.54, 1.807) is 0 Å². The van der Waals surface area contributed by atoms with Gasteiger partial charge in [-0.15, -0.1) is 0 Å². The molecule has 1 aliphatic rings. The van der Waals surface area contributed by atoms with Crippen molar-refractivity contribution in [1.82, 2.24) is 0 Å². The molecule has 0 amide bonds. The smallest absolute Gasteiger partial charge is 0.397 e. The van der Waals surface area contributed by atoms with Crippen LogP contribution in [0.15, 0.2) is 36.5 Å². The summed E-state index contributed by atoms with van der Waals surface area (Å²) < 4.78 is 59.5. The van der Waals surface area contributed by atoms with Crippen LogP contribution in [-0.4, -0.2) is 97.5 Å². The molecule has 1 heterocycles. The normalized spacial score (nSPS) is 18.9. The minimum Gasteiger partial charge on any atom is -0.457 e. The molecule has 1 saturated heterocycles. The van der Waals surface area contributed by atoms with Crippen molar-refractivity contribution in [2.75, 3.05) is 26.4 Å². The summed E-state index contributed by atoms with van der Waals surface area (Å²) in [7, 11) is -5.07. The molecule has 74 heavy (non-hydrogen) atoms. The third kappa shape index (κ3) is 44.3. The van der Waals surface area contributed by atoms with Crippen LogP contribution in [0.4, 0.5) is 0 Å². The Bertz CT molecular complexity index is 1420. The monoisotopic (exact) mass is 1070 g/mol. The van der Waals surface area contributed by atoms with Crippen LogP contribution in [0.2, 0.25) is 0 Å². The highest BCUT2D eigenvalue weighted by molar-refractivity contribution is 7.80. The van der Waals surface area contributed by atoms with Crippen molar-refractivity contribution in [3.63, 3.8) is 0 Å². The van der Waals surface area contributed by atoms with Crippen molar-refractivity contribution in [3.8, 4) is 0 Å². The summed E-state index contributed by atoms with van der Waals surface area (Å²) in [5, 5.41) is 30.9. The molecular formula is C61H114O12S. The number of hydrogen-bond acceptors (Lipinski definition) is 11. The first kappa shape index (κ1) is 70.3. The fourth-order valence-corrected chi connectivity index (χ4v) is 10.1. The van der Waals surface area contributed by atoms with E-state index in [9.17, 15) is 33.1 Å². The van der Waals surface area contributed by atoms with Crippen molar-refractivity contribution in [3.05, 3.63) is 36.5 Å². The molecule has 1 aliphatic heterocycles. The molecule has 0 aromatic carbocycles. The predicted molar refractivity (Wildman–Crippen MR) is 304 cm³/mol. The van der Waals surface area contributed by atoms with E-state index in [1.807, 2.05) is 0 Å². The summed E-state index contributed by atoms with van der Waals surface area (Å²) in [6.45, 7) is 4.03. The topological polar surface area (TPSA) is 178 Å². The standard InChI is InChI=1S/C61H114O12S/c1-3-5-7-9-11-13-15-17-19-21-23-25-27-29-31-33-35-37-39-41-43-45-47-49-51-69-53-55(54-70-61-59(65)60(73-74(66,67)68)58(64)56(52-62)72-61)71-57(63)50-48-46-44-42-40-38-36-34-32-30-28-26-24-22-20-18-16-14-12-10-8-6-4-2/h15,17,21-24,55-56,58-62,64-65H,3-14,16,18-20,25-54H2,1-2H3,(H,66,67,68)/b17-15-,23-21-,24-22-. The number of rotatable bonds is 55. The lowest BCUT2D eigenvalue weighted by Gasteiger charge is -2.41. The van der Waals surface area contributed by atoms with Gasteiger partial charge in [0, 0.05) is 13.0 Å². The van der Waals surface area contributed by atoms with Crippen LogP contribution in [0, 0.1) is 0 Å². The Hall–Kier alpha value is -1.68. The van der Waals surface area contributed by atoms with Crippen molar-refractivity contribution in [2.45, 2.75) is 320 Å². The van der Waals surface area contributed by atoms with Crippen molar-refractivity contribution < 1.29 is 56.2 Å². The number of allylic oxidation sites excluding steroid dienone is 6. The second-order valence-electron chi connectivity index (χ2n) is 21.3. The molecule has 0 radical (unpaired) electrons. The molecule has 6 unspecified atom stereocenters. The lowest BCUT2D eigenvalue weighted by molar-refractivity contribution is -0.301. The second-order valence-corrected chi connectivity index (χ2v) is 22.3. The quantitative estimate of drug-likeness (QED) is 0.0196. The van der Waals surface area contributed by atoms with Crippen molar-refractivity contribution in [2.24, 2.45) is 0 Å². The zero-order valence-corrected chi connectivity index (χ0v) is 48.2. The molecule has 0 bridgehead atoms. The molecular weight excluding hydrogens is 957 g/mol. The first-order valence-electron chi connectivity index (χ1n) is 30.7. The summed E-state index contributed by atoms with van der Waals surface area (Å²) in [6.07, 6.45) is 56.1. The Kier molecular flexibility index (Phi) is 49.5. The summed E-state index contributed by atoms with van der Waals surface area (Å²) in [5.41, 5.74) is 0. The average Bonchev–Trinajstić information content (AvgIpc) is 3.38. The van der Waals surface area contributed by atoms with Crippen molar-refractivity contribution >= 4 is 16.4 Å². The van der Waals surface area contributed by atoms with E-state index < -0.39 is 59.8 Å². The zero-order valence-electron chi connectivity index (χ0n) is 47.4. The minimum atomic E-state index is -5.07. The number of aliphatic hydroxyl groups is 3. The molecule has 0 spiro atoms. The summed E-state index contributed by atoms with van der Waals surface area (Å²) >= 11 is 0. The molecule has 0 aromatic heterocycles. The number of esters is 1. The SMILES string of the molecule is CCCCCCC/C=C\C/C=C\CCCCCCCCCCCCCCOCC(COC1OC(CO)C(O)C(OS(=O)(=O)O)C1O)OC(=O)CCCCCCCCCCCCC/C=C\CCCCCCCCCC. The van der Waals surface area contributed by atoms with E-state index in [0.29, 0.717) is 13.0 Å². The molecule has 1 fully saturated rings. The lowest BCUT2D eigenvalue weighted by atomic mass is 9.99. The highest BCUT2D eigenvalue weighted by Gasteiger charge is 2.48. The second kappa shape index (κ2) is 52.0. The van der Waals surface area contributed by atoms with Crippen LogP contribution >= 0.6 is 0 Å². The number of unbranched alkanes of at least 4 members (excludes halogenated alkanes) is 36. The van der Waals surface area contributed by atoms with Gasteiger partial charge in [0.1, 0.15) is 30.5 Å². The Morgan fingerprint density at radius 2 is 0.892 bits per heavy atom. The molecule has 6 atom stereocenters. The number of aliphatic hydroxyl groups excluding tert-OH is 3. The number of hydrogen-bond donors (Lipinski definition) is 4. The van der Waals surface area contributed by atoms with Crippen LogP contribution < -0.4 is 0 Å². The maximum Gasteiger partial charge on any atom is 0.397 e. The third-order valence-electron chi connectivity index (χ3n) is 14.2. The maximum atomic E-state index is 13.0. The zero-order chi connectivity index (χ0) is 53.8. The van der Waals surface area contributed by atoms with Gasteiger partial charge in [-0.2, -0.15) is 8.42 Å². The first-order chi connectivity index (χ1) is 36.1. The fourth-order valence-electron chi connectivity index (χ4n) is 9.58. The predicted octanol–water partition coefficient (Wildman–Crippen LogP) is 15.7. The average molecular weight is 1070 g/mol. The molecule has 0 aliphatic carbocycles. The first-order valence-corrected chi connectivity index (χ1v) is 32.1.